The minimum atomic E-state index is -4.52. The summed E-state index contributed by atoms with van der Waals surface area (Å²) < 4.78 is 39.0. The molecule has 0 bridgehead atoms. The molecule has 2 aromatic heterocycles. The van der Waals surface area contributed by atoms with E-state index in [-0.39, 0.29) is 10.6 Å². The molecule has 0 saturated carbocycles. The molecule has 33 heavy (non-hydrogen) atoms. The molecule has 0 unspecified atom stereocenters. The van der Waals surface area contributed by atoms with E-state index in [9.17, 15) is 18.0 Å². The fraction of sp³-hybridized carbons (Fsp3) is 0.320. The summed E-state index contributed by atoms with van der Waals surface area (Å²) in [5.41, 5.74) is 2.12. The first-order valence-electron chi connectivity index (χ1n) is 10.6. The van der Waals surface area contributed by atoms with Crippen LogP contribution in [-0.4, -0.2) is 23.9 Å². The lowest BCUT2D eigenvalue weighted by Gasteiger charge is -2.39. The van der Waals surface area contributed by atoms with Gasteiger partial charge in [-0.3, -0.25) is 14.8 Å². The van der Waals surface area contributed by atoms with Crippen molar-refractivity contribution in [2.45, 2.75) is 52.0 Å². The van der Waals surface area contributed by atoms with Gasteiger partial charge in [-0.1, -0.05) is 39.9 Å². The molecule has 0 spiro atoms. The molecule has 3 rings (SSSR count). The first kappa shape index (κ1) is 24.6. The molecule has 174 valence electrons. The molecule has 0 aliphatic carbocycles. The van der Waals surface area contributed by atoms with Gasteiger partial charge < -0.3 is 5.32 Å². The van der Waals surface area contributed by atoms with Crippen molar-refractivity contribution in [1.82, 2.24) is 9.97 Å². The maximum absolute atomic E-state index is 13.0. The largest absolute Gasteiger partial charge is 0.416 e. The minimum Gasteiger partial charge on any atom is -0.321 e. The van der Waals surface area contributed by atoms with Gasteiger partial charge in [0.15, 0.2) is 0 Å². The Morgan fingerprint density at radius 3 is 2.36 bits per heavy atom. The van der Waals surface area contributed by atoms with Crippen LogP contribution >= 0.6 is 0 Å². The number of pyridine rings is 2. The summed E-state index contributed by atoms with van der Waals surface area (Å²) in [5, 5.41) is 4.01. The van der Waals surface area contributed by atoms with Gasteiger partial charge in [0.2, 0.25) is 0 Å². The number of anilines is 1. The molecule has 0 aliphatic heterocycles. The Morgan fingerprint density at radius 2 is 1.73 bits per heavy atom. The third-order valence-electron chi connectivity index (χ3n) is 6.43. The van der Waals surface area contributed by atoms with Crippen LogP contribution < -0.4 is 10.5 Å². The molecule has 0 saturated heterocycles. The first-order chi connectivity index (χ1) is 15.2. The molecule has 1 N–H and O–H groups in total. The molecule has 0 fully saturated rings. The SMILES string of the molecule is Cc1nccc([Si](C)(C)C(C)(C)C)c1-c1cncc(NC(=O)c2cccc(C(F)(F)F)c2)c1. The monoisotopic (exact) mass is 471 g/mol. The van der Waals surface area contributed by atoms with Crippen molar-refractivity contribution < 1.29 is 18.0 Å². The number of halogens is 3. The van der Waals surface area contributed by atoms with Crippen molar-refractivity contribution in [2.75, 3.05) is 5.32 Å². The molecular formula is C25H28F3N3OSi. The Balaban J connectivity index is 1.99. The number of carbonyl (C=O) groups is 1. The predicted octanol–water partition coefficient (Wildman–Crippen LogP) is 6.44. The Labute approximate surface area is 193 Å². The maximum atomic E-state index is 13.0. The molecule has 4 nitrogen and oxygen atoms in total. The smallest absolute Gasteiger partial charge is 0.321 e. The molecule has 0 atom stereocenters. The summed E-state index contributed by atoms with van der Waals surface area (Å²) in [6, 6.07) is 8.20. The van der Waals surface area contributed by atoms with Crippen LogP contribution in [0.15, 0.2) is 55.0 Å². The number of aryl methyl sites for hydroxylation is 1. The van der Waals surface area contributed by atoms with Crippen molar-refractivity contribution in [3.63, 3.8) is 0 Å². The van der Waals surface area contributed by atoms with Gasteiger partial charge in [0.1, 0.15) is 0 Å². The minimum absolute atomic E-state index is 0.0743. The summed E-state index contributed by atoms with van der Waals surface area (Å²) in [6.07, 6.45) is 0.504. The van der Waals surface area contributed by atoms with Gasteiger partial charge in [-0.2, -0.15) is 13.2 Å². The lowest BCUT2D eigenvalue weighted by molar-refractivity contribution is -0.137. The number of benzene rings is 1. The standard InChI is InChI=1S/C25H28F3N3OSi/c1-16-22(21(10-11-30-16)33(5,6)24(2,3)4)18-13-20(15-29-14-18)31-23(32)17-8-7-9-19(12-17)25(26,27)28/h7-15H,1-6H3,(H,31,32). The second kappa shape index (κ2) is 8.74. The Kier molecular flexibility index (Phi) is 6.52. The van der Waals surface area contributed by atoms with Crippen molar-refractivity contribution in [3.05, 3.63) is 71.8 Å². The number of alkyl halides is 3. The van der Waals surface area contributed by atoms with Crippen LogP contribution in [-0.2, 0) is 6.18 Å². The third kappa shape index (κ3) is 5.16. The highest BCUT2D eigenvalue weighted by Gasteiger charge is 2.39. The topological polar surface area (TPSA) is 54.9 Å². The summed E-state index contributed by atoms with van der Waals surface area (Å²) in [6.45, 7) is 13.3. The van der Waals surface area contributed by atoms with E-state index in [0.717, 1.165) is 29.0 Å². The van der Waals surface area contributed by atoms with Crippen LogP contribution in [0.5, 0.6) is 0 Å². The number of aromatic nitrogens is 2. The molecule has 1 amide bonds. The Morgan fingerprint density at radius 1 is 1.03 bits per heavy atom. The number of nitrogens with zero attached hydrogens (tertiary/aromatic N) is 2. The fourth-order valence-corrected chi connectivity index (χ4v) is 5.79. The normalized spacial score (nSPS) is 12.5. The number of amides is 1. The van der Waals surface area contributed by atoms with Crippen molar-refractivity contribution >= 4 is 24.9 Å². The van der Waals surface area contributed by atoms with Crippen LogP contribution in [0.1, 0.15) is 42.4 Å². The van der Waals surface area contributed by atoms with Crippen LogP contribution in [0.25, 0.3) is 11.1 Å². The van der Waals surface area contributed by atoms with E-state index in [1.807, 2.05) is 13.1 Å². The van der Waals surface area contributed by atoms with Crippen LogP contribution in [0.4, 0.5) is 18.9 Å². The molecule has 1 aromatic carbocycles. The lowest BCUT2D eigenvalue weighted by atomic mass is 10.1. The predicted molar refractivity (Wildman–Crippen MR) is 128 cm³/mol. The maximum Gasteiger partial charge on any atom is 0.416 e. The van der Waals surface area contributed by atoms with Gasteiger partial charge in [-0.25, -0.2) is 0 Å². The molecule has 0 radical (unpaired) electrons. The molecule has 2 heterocycles. The summed E-state index contributed by atoms with van der Waals surface area (Å²) >= 11 is 0. The summed E-state index contributed by atoms with van der Waals surface area (Å²) in [5.74, 6) is -0.632. The second-order valence-corrected chi connectivity index (χ2v) is 15.0. The van der Waals surface area contributed by atoms with E-state index in [0.29, 0.717) is 5.69 Å². The van der Waals surface area contributed by atoms with Gasteiger partial charge in [0.05, 0.1) is 25.5 Å². The van der Waals surface area contributed by atoms with Gasteiger partial charge in [-0.05, 0) is 47.5 Å². The van der Waals surface area contributed by atoms with E-state index < -0.39 is 25.7 Å². The quantitative estimate of drug-likeness (QED) is 0.446. The summed E-state index contributed by atoms with van der Waals surface area (Å²) in [4.78, 5) is 21.4. The van der Waals surface area contributed by atoms with Crippen molar-refractivity contribution in [3.8, 4) is 11.1 Å². The van der Waals surface area contributed by atoms with Crippen molar-refractivity contribution in [2.24, 2.45) is 0 Å². The second-order valence-electron chi connectivity index (χ2n) is 9.69. The van der Waals surface area contributed by atoms with E-state index in [1.54, 1.807) is 12.3 Å². The van der Waals surface area contributed by atoms with Gasteiger partial charge >= 0.3 is 6.18 Å². The van der Waals surface area contributed by atoms with E-state index in [4.69, 9.17) is 0 Å². The van der Waals surface area contributed by atoms with E-state index in [2.05, 4.69) is 55.2 Å². The Bertz CT molecular complexity index is 1180. The molecular weight excluding hydrogens is 443 g/mol. The first-order valence-corrected chi connectivity index (χ1v) is 13.6. The zero-order chi connectivity index (χ0) is 24.6. The Hall–Kier alpha value is -3.00. The van der Waals surface area contributed by atoms with Crippen LogP contribution in [0, 0.1) is 6.92 Å². The highest BCUT2D eigenvalue weighted by molar-refractivity contribution is 6.93. The van der Waals surface area contributed by atoms with Gasteiger partial charge in [0, 0.05) is 34.8 Å². The molecule has 3 aromatic rings. The molecule has 0 aliphatic rings. The summed E-state index contributed by atoms with van der Waals surface area (Å²) in [7, 11) is -1.93. The van der Waals surface area contributed by atoms with Gasteiger partial charge in [0.25, 0.3) is 5.91 Å². The highest BCUT2D eigenvalue weighted by atomic mass is 28.3. The van der Waals surface area contributed by atoms with E-state index >= 15 is 0 Å². The van der Waals surface area contributed by atoms with Gasteiger partial charge in [-0.15, -0.1) is 0 Å². The number of carbonyl (C=O) groups excluding carboxylic acids is 1. The highest BCUT2D eigenvalue weighted by Crippen LogP contribution is 2.38. The van der Waals surface area contributed by atoms with Crippen molar-refractivity contribution in [1.29, 1.82) is 0 Å². The van der Waals surface area contributed by atoms with Crippen LogP contribution in [0.3, 0.4) is 0 Å². The fourth-order valence-electron chi connectivity index (χ4n) is 3.54. The van der Waals surface area contributed by atoms with Crippen LogP contribution in [0.2, 0.25) is 18.1 Å². The average molecular weight is 472 g/mol. The molecule has 8 heteroatoms. The zero-order valence-electron chi connectivity index (χ0n) is 19.6. The number of hydrogen-bond acceptors (Lipinski definition) is 3. The lowest BCUT2D eigenvalue weighted by Crippen LogP contribution is -2.50. The van der Waals surface area contributed by atoms with E-state index in [1.165, 1.54) is 23.5 Å². The average Bonchev–Trinajstić information content (AvgIpc) is 2.72. The zero-order valence-corrected chi connectivity index (χ0v) is 20.6. The number of hydrogen-bond donors (Lipinski definition) is 1. The number of nitrogens with one attached hydrogen (secondary N) is 1. The third-order valence-corrected chi connectivity index (χ3v) is 11.9. The number of rotatable bonds is 4.